The molecule has 0 aliphatic heterocycles. The summed E-state index contributed by atoms with van der Waals surface area (Å²) in [7, 11) is -2.04. The molecule has 3 aromatic carbocycles. The van der Waals surface area contributed by atoms with Crippen LogP contribution in [-0.4, -0.2) is 43.8 Å². The van der Waals surface area contributed by atoms with Crippen molar-refractivity contribution in [3.63, 3.8) is 0 Å². The highest BCUT2D eigenvalue weighted by Crippen LogP contribution is 2.33. The van der Waals surface area contributed by atoms with Gasteiger partial charge in [-0.15, -0.1) is 0 Å². The zero-order valence-electron chi connectivity index (χ0n) is 22.7. The molecule has 1 heterocycles. The second kappa shape index (κ2) is 13.2. The highest BCUT2D eigenvalue weighted by atomic mass is 32.2. The van der Waals surface area contributed by atoms with Crippen molar-refractivity contribution in [2.45, 2.75) is 51.0 Å². The fraction of sp³-hybridized carbons (Fsp3) is 0.333. The fourth-order valence-corrected chi connectivity index (χ4v) is 6.69. The summed E-state index contributed by atoms with van der Waals surface area (Å²) in [6.45, 7) is 5.42. The smallest absolute Gasteiger partial charge is 0.260 e. The Bertz CT molecular complexity index is 1480. The number of sulfonamides is 1. The van der Waals surface area contributed by atoms with E-state index in [1.807, 2.05) is 62.4 Å². The number of anilines is 1. The van der Waals surface area contributed by atoms with Crippen LogP contribution >= 0.6 is 11.3 Å². The number of benzene rings is 3. The van der Waals surface area contributed by atoms with Crippen molar-refractivity contribution >= 4 is 42.6 Å². The van der Waals surface area contributed by atoms with Crippen LogP contribution in [0.15, 0.2) is 77.7 Å². The summed E-state index contributed by atoms with van der Waals surface area (Å²) < 4.78 is 34.6. The second-order valence-corrected chi connectivity index (χ2v) is 12.3. The summed E-state index contributed by atoms with van der Waals surface area (Å²) in [5, 5.41) is 0.564. The summed E-state index contributed by atoms with van der Waals surface area (Å²) in [5.41, 5.74) is 2.11. The number of hydrogen-bond acceptors (Lipinski definition) is 6. The SMILES string of the molecule is CCCCN(CCCC)S(=O)(=O)c1ccc(C(=O)N(Cc2ccccc2)c2nc3cc(OC)ccc3s2)cc1. The first-order chi connectivity index (χ1) is 18.9. The molecular formula is C30H35N3O4S2. The Kier molecular flexibility index (Phi) is 9.72. The molecule has 4 aromatic rings. The number of methoxy groups -OCH3 is 1. The lowest BCUT2D eigenvalue weighted by atomic mass is 10.1. The number of amides is 1. The molecule has 0 saturated heterocycles. The fourth-order valence-electron chi connectivity index (χ4n) is 4.23. The monoisotopic (exact) mass is 565 g/mol. The number of unbranched alkanes of at least 4 members (excludes halogenated alkanes) is 2. The number of carbonyl (C=O) groups excluding carboxylic acids is 1. The Morgan fingerprint density at radius 3 is 2.21 bits per heavy atom. The van der Waals surface area contributed by atoms with E-state index in [0.29, 0.717) is 36.1 Å². The van der Waals surface area contributed by atoms with E-state index in [4.69, 9.17) is 9.72 Å². The molecule has 0 N–H and O–H groups in total. The van der Waals surface area contributed by atoms with E-state index >= 15 is 0 Å². The molecular weight excluding hydrogens is 530 g/mol. The Labute approximate surface area is 235 Å². The molecule has 9 heteroatoms. The van der Waals surface area contributed by atoms with E-state index in [9.17, 15) is 13.2 Å². The van der Waals surface area contributed by atoms with Crippen molar-refractivity contribution < 1.29 is 17.9 Å². The third kappa shape index (κ3) is 6.84. The number of hydrogen-bond donors (Lipinski definition) is 0. The summed E-state index contributed by atoms with van der Waals surface area (Å²) in [5.74, 6) is 0.451. The first kappa shape index (κ1) is 28.7. The molecule has 0 fully saturated rings. The number of fused-ring (bicyclic) bond motifs is 1. The standard InChI is InChI=1S/C30H35N3O4S2/c1-4-6-19-32(20-7-5-2)39(35,36)26-16-13-24(14-17-26)29(34)33(22-23-11-9-8-10-12-23)30-31-27-21-25(37-3)15-18-28(27)38-30/h8-18,21H,4-7,19-20,22H2,1-3H3. The van der Waals surface area contributed by atoms with Crippen LogP contribution < -0.4 is 9.64 Å². The lowest BCUT2D eigenvalue weighted by molar-refractivity contribution is 0.0985. The molecule has 0 spiro atoms. The largest absolute Gasteiger partial charge is 0.497 e. The van der Waals surface area contributed by atoms with Crippen LogP contribution in [0.5, 0.6) is 5.75 Å². The lowest BCUT2D eigenvalue weighted by Gasteiger charge is -2.23. The highest BCUT2D eigenvalue weighted by molar-refractivity contribution is 7.89. The quantitative estimate of drug-likeness (QED) is 0.179. The minimum Gasteiger partial charge on any atom is -0.497 e. The van der Waals surface area contributed by atoms with Crippen LogP contribution in [-0.2, 0) is 16.6 Å². The maximum Gasteiger partial charge on any atom is 0.260 e. The Hall–Kier alpha value is -3.27. The third-order valence-electron chi connectivity index (χ3n) is 6.50. The van der Waals surface area contributed by atoms with Crippen LogP contribution in [0.25, 0.3) is 10.2 Å². The first-order valence-electron chi connectivity index (χ1n) is 13.3. The molecule has 1 aromatic heterocycles. The molecule has 0 aliphatic rings. The van der Waals surface area contributed by atoms with Crippen LogP contribution in [0.3, 0.4) is 0 Å². The zero-order chi connectivity index (χ0) is 27.8. The van der Waals surface area contributed by atoms with E-state index in [0.717, 1.165) is 41.5 Å². The van der Waals surface area contributed by atoms with E-state index in [2.05, 4.69) is 0 Å². The van der Waals surface area contributed by atoms with Gasteiger partial charge in [0.15, 0.2) is 5.13 Å². The van der Waals surface area contributed by atoms with E-state index < -0.39 is 10.0 Å². The lowest BCUT2D eigenvalue weighted by Crippen LogP contribution is -2.33. The first-order valence-corrected chi connectivity index (χ1v) is 15.5. The molecule has 0 radical (unpaired) electrons. The molecule has 4 rings (SSSR count). The highest BCUT2D eigenvalue weighted by Gasteiger charge is 2.26. The van der Waals surface area contributed by atoms with Crippen molar-refractivity contribution in [1.29, 1.82) is 0 Å². The van der Waals surface area contributed by atoms with Gasteiger partial charge in [-0.25, -0.2) is 13.4 Å². The van der Waals surface area contributed by atoms with Gasteiger partial charge in [-0.3, -0.25) is 9.69 Å². The number of ether oxygens (including phenoxy) is 1. The summed E-state index contributed by atoms with van der Waals surface area (Å²) >= 11 is 1.43. The predicted molar refractivity (Wildman–Crippen MR) is 158 cm³/mol. The van der Waals surface area contributed by atoms with Gasteiger partial charge in [0, 0.05) is 24.7 Å². The van der Waals surface area contributed by atoms with Crippen molar-refractivity contribution in [3.05, 3.63) is 83.9 Å². The van der Waals surface area contributed by atoms with E-state index in [-0.39, 0.29) is 10.8 Å². The normalized spacial score (nSPS) is 11.7. The summed E-state index contributed by atoms with van der Waals surface area (Å²) in [6.07, 6.45) is 3.45. The van der Waals surface area contributed by atoms with E-state index in [1.165, 1.54) is 23.5 Å². The number of carbonyl (C=O) groups is 1. The van der Waals surface area contributed by atoms with Crippen LogP contribution in [0.2, 0.25) is 0 Å². The average Bonchev–Trinajstić information content (AvgIpc) is 3.39. The molecule has 39 heavy (non-hydrogen) atoms. The third-order valence-corrected chi connectivity index (χ3v) is 9.48. The van der Waals surface area contributed by atoms with Crippen LogP contribution in [0.1, 0.15) is 55.5 Å². The second-order valence-electron chi connectivity index (χ2n) is 9.34. The topological polar surface area (TPSA) is 79.8 Å². The molecule has 7 nitrogen and oxygen atoms in total. The van der Waals surface area contributed by atoms with Gasteiger partial charge >= 0.3 is 0 Å². The van der Waals surface area contributed by atoms with Crippen molar-refractivity contribution in [2.24, 2.45) is 0 Å². The van der Waals surface area contributed by atoms with Crippen molar-refractivity contribution in [2.75, 3.05) is 25.1 Å². The summed E-state index contributed by atoms with van der Waals surface area (Å²) in [4.78, 5) is 20.4. The van der Waals surface area contributed by atoms with Crippen molar-refractivity contribution in [3.8, 4) is 5.75 Å². The Balaban J connectivity index is 1.65. The predicted octanol–water partition coefficient (Wildman–Crippen LogP) is 6.74. The van der Waals surface area contributed by atoms with Gasteiger partial charge in [0.2, 0.25) is 10.0 Å². The maximum atomic E-state index is 13.8. The molecule has 0 aliphatic carbocycles. The number of rotatable bonds is 13. The molecule has 1 amide bonds. The van der Waals surface area contributed by atoms with Crippen LogP contribution in [0.4, 0.5) is 5.13 Å². The summed E-state index contributed by atoms with van der Waals surface area (Å²) in [6, 6.07) is 21.7. The van der Waals surface area contributed by atoms with Gasteiger partial charge < -0.3 is 4.74 Å². The van der Waals surface area contributed by atoms with Gasteiger partial charge in [0.25, 0.3) is 5.91 Å². The Morgan fingerprint density at radius 2 is 1.59 bits per heavy atom. The number of thiazole rings is 1. The minimum absolute atomic E-state index is 0.202. The molecule has 0 bridgehead atoms. The maximum absolute atomic E-state index is 13.8. The van der Waals surface area contributed by atoms with E-state index in [1.54, 1.807) is 28.4 Å². The van der Waals surface area contributed by atoms with Gasteiger partial charge in [-0.1, -0.05) is 68.4 Å². The minimum atomic E-state index is -3.65. The number of aromatic nitrogens is 1. The average molecular weight is 566 g/mol. The molecule has 0 unspecified atom stereocenters. The van der Waals surface area contributed by atoms with Crippen LogP contribution in [0, 0.1) is 0 Å². The molecule has 0 atom stereocenters. The van der Waals surface area contributed by atoms with Gasteiger partial charge in [0.05, 0.1) is 28.8 Å². The Morgan fingerprint density at radius 1 is 0.923 bits per heavy atom. The van der Waals surface area contributed by atoms with Gasteiger partial charge in [0.1, 0.15) is 5.75 Å². The van der Waals surface area contributed by atoms with Gasteiger partial charge in [-0.05, 0) is 54.8 Å². The molecule has 0 saturated carbocycles. The number of nitrogens with zero attached hydrogens (tertiary/aromatic N) is 3. The van der Waals surface area contributed by atoms with Crippen molar-refractivity contribution in [1.82, 2.24) is 9.29 Å². The zero-order valence-corrected chi connectivity index (χ0v) is 24.3. The molecule has 206 valence electrons. The van der Waals surface area contributed by atoms with Gasteiger partial charge in [-0.2, -0.15) is 4.31 Å².